The Morgan fingerprint density at radius 3 is 2.83 bits per heavy atom. The van der Waals surface area contributed by atoms with Crippen molar-refractivity contribution in [3.8, 4) is 0 Å². The molecule has 2 heterocycles. The first-order chi connectivity index (χ1) is 8.65. The van der Waals surface area contributed by atoms with Crippen LogP contribution in [0.3, 0.4) is 0 Å². The molecule has 6 nitrogen and oxygen atoms in total. The molecular formula is C11H15N3O3S. The largest absolute Gasteiger partial charge is 0.481 e. The van der Waals surface area contributed by atoms with Gasteiger partial charge in [-0.3, -0.25) is 9.59 Å². The third-order valence-corrected chi connectivity index (χ3v) is 3.58. The van der Waals surface area contributed by atoms with Crippen molar-refractivity contribution in [2.75, 3.05) is 25.0 Å². The number of amides is 1. The number of carboxylic acid groups (broad SMARTS) is 1. The molecule has 0 saturated carbocycles. The fraction of sp³-hybridized carbons (Fsp3) is 0.545. The molecule has 0 unspecified atom stereocenters. The lowest BCUT2D eigenvalue weighted by Gasteiger charge is -2.14. The van der Waals surface area contributed by atoms with E-state index in [-0.39, 0.29) is 18.9 Å². The molecule has 0 aliphatic carbocycles. The van der Waals surface area contributed by atoms with E-state index in [9.17, 15) is 9.59 Å². The van der Waals surface area contributed by atoms with Gasteiger partial charge < -0.3 is 15.3 Å². The van der Waals surface area contributed by atoms with Crippen molar-refractivity contribution in [1.82, 2.24) is 9.88 Å². The summed E-state index contributed by atoms with van der Waals surface area (Å²) < 4.78 is 0. The van der Waals surface area contributed by atoms with Crippen molar-refractivity contribution in [2.24, 2.45) is 0 Å². The van der Waals surface area contributed by atoms with Crippen molar-refractivity contribution >= 4 is 28.3 Å². The van der Waals surface area contributed by atoms with Crippen molar-refractivity contribution in [1.29, 1.82) is 0 Å². The number of hydrogen-bond donors (Lipinski definition) is 2. The van der Waals surface area contributed by atoms with Gasteiger partial charge in [0.25, 0.3) is 0 Å². The highest BCUT2D eigenvalue weighted by molar-refractivity contribution is 7.13. The van der Waals surface area contributed by atoms with Gasteiger partial charge in [0.05, 0.1) is 18.7 Å². The van der Waals surface area contributed by atoms with Gasteiger partial charge in [0.2, 0.25) is 5.91 Å². The van der Waals surface area contributed by atoms with Gasteiger partial charge in [-0.05, 0) is 12.8 Å². The third-order valence-electron chi connectivity index (χ3n) is 2.73. The van der Waals surface area contributed by atoms with Crippen molar-refractivity contribution in [3.05, 3.63) is 11.1 Å². The summed E-state index contributed by atoms with van der Waals surface area (Å²) in [5, 5.41) is 13.8. The zero-order chi connectivity index (χ0) is 13.0. The topological polar surface area (TPSA) is 82.5 Å². The van der Waals surface area contributed by atoms with Crippen molar-refractivity contribution < 1.29 is 14.7 Å². The van der Waals surface area contributed by atoms with Gasteiger partial charge in [0.15, 0.2) is 5.13 Å². The summed E-state index contributed by atoms with van der Waals surface area (Å²) >= 11 is 1.32. The number of anilines is 1. The van der Waals surface area contributed by atoms with Gasteiger partial charge in [-0.15, -0.1) is 11.3 Å². The molecule has 1 aliphatic heterocycles. The molecule has 98 valence electrons. The SMILES string of the molecule is O=C(O)Cc1csc(NCC(=O)N2CCCC2)n1. The Bertz CT molecular complexity index is 440. The minimum atomic E-state index is -0.903. The van der Waals surface area contributed by atoms with Crippen LogP contribution >= 0.6 is 11.3 Å². The molecule has 2 rings (SSSR count). The number of nitrogens with zero attached hydrogens (tertiary/aromatic N) is 2. The predicted octanol–water partition coefficient (Wildman–Crippen LogP) is 0.804. The number of carbonyl (C=O) groups is 2. The number of thiazole rings is 1. The van der Waals surface area contributed by atoms with E-state index in [4.69, 9.17) is 5.11 Å². The average molecular weight is 269 g/mol. The molecule has 0 atom stereocenters. The molecule has 18 heavy (non-hydrogen) atoms. The van der Waals surface area contributed by atoms with Crippen LogP contribution in [0.15, 0.2) is 5.38 Å². The van der Waals surface area contributed by atoms with Crippen molar-refractivity contribution in [3.63, 3.8) is 0 Å². The molecule has 1 aromatic rings. The normalized spacial score (nSPS) is 14.8. The molecule has 0 spiro atoms. The number of likely N-dealkylation sites (tertiary alicyclic amines) is 1. The summed E-state index contributed by atoms with van der Waals surface area (Å²) in [6.45, 7) is 1.89. The van der Waals surface area contributed by atoms with E-state index in [1.54, 1.807) is 5.38 Å². The Hall–Kier alpha value is -1.63. The summed E-state index contributed by atoms with van der Waals surface area (Å²) in [4.78, 5) is 28.2. The molecule has 1 fully saturated rings. The summed E-state index contributed by atoms with van der Waals surface area (Å²) in [5.74, 6) is -0.831. The van der Waals surface area contributed by atoms with Gasteiger partial charge in [0.1, 0.15) is 0 Å². The van der Waals surface area contributed by atoms with Crippen LogP contribution in [0.5, 0.6) is 0 Å². The number of carbonyl (C=O) groups excluding carboxylic acids is 1. The summed E-state index contributed by atoms with van der Waals surface area (Å²) in [5.41, 5.74) is 0.517. The van der Waals surface area contributed by atoms with Crippen LogP contribution in [0, 0.1) is 0 Å². The maximum atomic E-state index is 11.7. The van der Waals surface area contributed by atoms with Gasteiger partial charge in [-0.1, -0.05) is 0 Å². The van der Waals surface area contributed by atoms with E-state index in [2.05, 4.69) is 10.3 Å². The van der Waals surface area contributed by atoms with Crippen LogP contribution < -0.4 is 5.32 Å². The minimum Gasteiger partial charge on any atom is -0.481 e. The Balaban J connectivity index is 1.80. The molecule has 0 radical (unpaired) electrons. The highest BCUT2D eigenvalue weighted by atomic mass is 32.1. The number of rotatable bonds is 5. The van der Waals surface area contributed by atoms with Crippen LogP contribution in [-0.2, 0) is 16.0 Å². The van der Waals surface area contributed by atoms with Crippen LogP contribution in [0.2, 0.25) is 0 Å². The first-order valence-corrected chi connectivity index (χ1v) is 6.71. The molecule has 1 aromatic heterocycles. The minimum absolute atomic E-state index is 0.0717. The van der Waals surface area contributed by atoms with Crippen LogP contribution in [0.1, 0.15) is 18.5 Å². The van der Waals surface area contributed by atoms with Crippen LogP contribution in [0.25, 0.3) is 0 Å². The molecular weight excluding hydrogens is 254 g/mol. The Labute approximate surface area is 109 Å². The standard InChI is InChI=1S/C11H15N3O3S/c15-9(14-3-1-2-4-14)6-12-11-13-8(7-18-11)5-10(16)17/h7H,1-6H2,(H,12,13)(H,16,17). The molecule has 1 aliphatic rings. The van der Waals surface area contributed by atoms with Crippen LogP contribution in [0.4, 0.5) is 5.13 Å². The molecule has 1 amide bonds. The Kier molecular flexibility index (Phi) is 4.14. The smallest absolute Gasteiger partial charge is 0.309 e. The van der Waals surface area contributed by atoms with Gasteiger partial charge in [0, 0.05) is 18.5 Å². The number of aliphatic carboxylic acids is 1. The first-order valence-electron chi connectivity index (χ1n) is 5.83. The Morgan fingerprint density at radius 2 is 2.17 bits per heavy atom. The average Bonchev–Trinajstić information content (AvgIpc) is 2.95. The summed E-state index contributed by atoms with van der Waals surface area (Å²) in [6.07, 6.45) is 2.07. The summed E-state index contributed by atoms with van der Waals surface area (Å²) in [7, 11) is 0. The van der Waals surface area contributed by atoms with E-state index >= 15 is 0 Å². The van der Waals surface area contributed by atoms with Gasteiger partial charge >= 0.3 is 5.97 Å². The van der Waals surface area contributed by atoms with E-state index in [0.717, 1.165) is 25.9 Å². The summed E-state index contributed by atoms with van der Waals surface area (Å²) in [6, 6.07) is 0. The number of nitrogens with one attached hydrogen (secondary N) is 1. The fourth-order valence-electron chi connectivity index (χ4n) is 1.85. The molecule has 0 bridgehead atoms. The maximum Gasteiger partial charge on any atom is 0.309 e. The lowest BCUT2D eigenvalue weighted by atomic mass is 10.3. The van der Waals surface area contributed by atoms with Gasteiger partial charge in [-0.2, -0.15) is 0 Å². The third kappa shape index (κ3) is 3.43. The molecule has 7 heteroatoms. The Morgan fingerprint density at radius 1 is 1.44 bits per heavy atom. The lowest BCUT2D eigenvalue weighted by Crippen LogP contribution is -2.32. The molecule has 1 saturated heterocycles. The second-order valence-electron chi connectivity index (χ2n) is 4.16. The number of aromatic nitrogens is 1. The molecule has 0 aromatic carbocycles. The highest BCUT2D eigenvalue weighted by Gasteiger charge is 2.17. The van der Waals surface area contributed by atoms with Crippen LogP contribution in [-0.4, -0.2) is 46.5 Å². The zero-order valence-corrected chi connectivity index (χ0v) is 10.7. The zero-order valence-electron chi connectivity index (χ0n) is 9.89. The van der Waals surface area contributed by atoms with Crippen molar-refractivity contribution in [2.45, 2.75) is 19.3 Å². The van der Waals surface area contributed by atoms with Gasteiger partial charge in [-0.25, -0.2) is 4.98 Å². The lowest BCUT2D eigenvalue weighted by molar-refractivity contribution is -0.136. The van der Waals surface area contributed by atoms with E-state index in [1.807, 2.05) is 4.90 Å². The fourth-order valence-corrected chi connectivity index (χ4v) is 2.56. The maximum absolute atomic E-state index is 11.7. The van der Waals surface area contributed by atoms with E-state index < -0.39 is 5.97 Å². The van der Waals surface area contributed by atoms with E-state index in [1.165, 1.54) is 11.3 Å². The van der Waals surface area contributed by atoms with E-state index in [0.29, 0.717) is 10.8 Å². The predicted molar refractivity (Wildman–Crippen MR) is 67.8 cm³/mol. The second kappa shape index (κ2) is 5.81. The quantitative estimate of drug-likeness (QED) is 0.826. The molecule has 2 N–H and O–H groups in total. The monoisotopic (exact) mass is 269 g/mol. The second-order valence-corrected chi connectivity index (χ2v) is 5.01. The first kappa shape index (κ1) is 12.8. The number of carboxylic acids is 1. The highest BCUT2D eigenvalue weighted by Crippen LogP contribution is 2.16. The number of hydrogen-bond acceptors (Lipinski definition) is 5.